The molecular formula is C15H11ClO4. The minimum atomic E-state index is -0.112. The van der Waals surface area contributed by atoms with Gasteiger partial charge in [-0.1, -0.05) is 11.6 Å². The van der Waals surface area contributed by atoms with Gasteiger partial charge in [-0.3, -0.25) is 4.79 Å². The molecule has 0 N–H and O–H groups in total. The number of ketones is 1. The van der Waals surface area contributed by atoms with Crippen molar-refractivity contribution in [2.24, 2.45) is 0 Å². The zero-order valence-electron chi connectivity index (χ0n) is 10.5. The summed E-state index contributed by atoms with van der Waals surface area (Å²) in [7, 11) is 0. The summed E-state index contributed by atoms with van der Waals surface area (Å²) in [5.74, 6) is 1.76. The normalized spacial score (nSPS) is 12.2. The molecule has 2 aromatic rings. The SMILES string of the molecule is O=C(COc1ccc2c(c1)OCO2)c1ccc(Cl)cc1. The van der Waals surface area contributed by atoms with E-state index in [0.717, 1.165) is 0 Å². The van der Waals surface area contributed by atoms with Crippen molar-refractivity contribution in [1.29, 1.82) is 0 Å². The van der Waals surface area contributed by atoms with Gasteiger partial charge in [-0.15, -0.1) is 0 Å². The van der Waals surface area contributed by atoms with Crippen LogP contribution >= 0.6 is 11.6 Å². The van der Waals surface area contributed by atoms with E-state index in [0.29, 0.717) is 27.8 Å². The van der Waals surface area contributed by atoms with Crippen LogP contribution in [-0.4, -0.2) is 19.2 Å². The number of hydrogen-bond donors (Lipinski definition) is 0. The molecule has 0 aromatic heterocycles. The van der Waals surface area contributed by atoms with Gasteiger partial charge in [-0.25, -0.2) is 0 Å². The van der Waals surface area contributed by atoms with Crippen LogP contribution in [0, 0.1) is 0 Å². The molecule has 0 spiro atoms. The predicted octanol–water partition coefficient (Wildman–Crippen LogP) is 3.33. The van der Waals surface area contributed by atoms with E-state index in [2.05, 4.69) is 0 Å². The molecule has 1 aliphatic heterocycles. The number of rotatable bonds is 4. The smallest absolute Gasteiger partial charge is 0.231 e. The first-order valence-corrected chi connectivity index (χ1v) is 6.41. The number of carbonyl (C=O) groups is 1. The molecule has 0 aliphatic carbocycles. The molecule has 3 rings (SSSR count). The molecule has 0 unspecified atom stereocenters. The molecule has 4 nitrogen and oxygen atoms in total. The third kappa shape index (κ3) is 2.70. The minimum Gasteiger partial charge on any atom is -0.485 e. The topological polar surface area (TPSA) is 44.8 Å². The number of Topliss-reactive ketones (excluding diaryl/α,β-unsaturated/α-hetero) is 1. The van der Waals surface area contributed by atoms with E-state index in [1.807, 2.05) is 0 Å². The lowest BCUT2D eigenvalue weighted by atomic mass is 10.1. The number of ether oxygens (including phenoxy) is 3. The van der Waals surface area contributed by atoms with E-state index in [1.165, 1.54) is 0 Å². The lowest BCUT2D eigenvalue weighted by molar-refractivity contribution is 0.0921. The van der Waals surface area contributed by atoms with Crippen molar-refractivity contribution in [1.82, 2.24) is 0 Å². The maximum atomic E-state index is 11.9. The molecular weight excluding hydrogens is 280 g/mol. The first kappa shape index (κ1) is 12.8. The Balaban J connectivity index is 1.64. The van der Waals surface area contributed by atoms with Crippen molar-refractivity contribution in [2.75, 3.05) is 13.4 Å². The molecule has 0 saturated heterocycles. The highest BCUT2D eigenvalue weighted by atomic mass is 35.5. The van der Waals surface area contributed by atoms with Crippen LogP contribution in [0.5, 0.6) is 17.2 Å². The fourth-order valence-corrected chi connectivity index (χ4v) is 1.96. The fraction of sp³-hybridized carbons (Fsp3) is 0.133. The lowest BCUT2D eigenvalue weighted by Gasteiger charge is -2.06. The summed E-state index contributed by atoms with van der Waals surface area (Å²) in [5, 5.41) is 0.596. The van der Waals surface area contributed by atoms with Gasteiger partial charge in [0, 0.05) is 16.7 Å². The zero-order chi connectivity index (χ0) is 13.9. The van der Waals surface area contributed by atoms with E-state index < -0.39 is 0 Å². The molecule has 0 amide bonds. The second-order valence-corrected chi connectivity index (χ2v) is 4.67. The Bertz CT molecular complexity index is 637. The number of carbonyl (C=O) groups excluding carboxylic acids is 1. The van der Waals surface area contributed by atoms with Gasteiger partial charge in [0.15, 0.2) is 23.9 Å². The lowest BCUT2D eigenvalue weighted by Crippen LogP contribution is -2.11. The summed E-state index contributed by atoms with van der Waals surface area (Å²) >= 11 is 5.78. The van der Waals surface area contributed by atoms with Crippen molar-refractivity contribution in [3.8, 4) is 17.2 Å². The molecule has 0 atom stereocenters. The van der Waals surface area contributed by atoms with Gasteiger partial charge >= 0.3 is 0 Å². The van der Waals surface area contributed by atoms with Gasteiger partial charge in [-0.2, -0.15) is 0 Å². The molecule has 0 bridgehead atoms. The van der Waals surface area contributed by atoms with E-state index in [1.54, 1.807) is 42.5 Å². The fourth-order valence-electron chi connectivity index (χ4n) is 1.83. The van der Waals surface area contributed by atoms with Gasteiger partial charge in [-0.05, 0) is 36.4 Å². The van der Waals surface area contributed by atoms with Crippen LogP contribution in [0.2, 0.25) is 5.02 Å². The van der Waals surface area contributed by atoms with E-state index in [4.69, 9.17) is 25.8 Å². The molecule has 0 fully saturated rings. The quantitative estimate of drug-likeness (QED) is 0.810. The van der Waals surface area contributed by atoms with Crippen LogP contribution in [0.25, 0.3) is 0 Å². The first-order chi connectivity index (χ1) is 9.72. The largest absolute Gasteiger partial charge is 0.485 e. The van der Waals surface area contributed by atoms with Crippen LogP contribution in [0.3, 0.4) is 0 Å². The Labute approximate surface area is 120 Å². The second-order valence-electron chi connectivity index (χ2n) is 4.23. The van der Waals surface area contributed by atoms with Crippen molar-refractivity contribution >= 4 is 17.4 Å². The standard InChI is InChI=1S/C15H11ClO4/c16-11-3-1-10(2-4-11)13(17)8-18-12-5-6-14-15(7-12)20-9-19-14/h1-7H,8-9H2. The number of hydrogen-bond acceptors (Lipinski definition) is 4. The number of fused-ring (bicyclic) bond motifs is 1. The van der Waals surface area contributed by atoms with Gasteiger partial charge < -0.3 is 14.2 Å². The average Bonchev–Trinajstić information content (AvgIpc) is 2.93. The average molecular weight is 291 g/mol. The number of benzene rings is 2. The third-order valence-electron chi connectivity index (χ3n) is 2.88. The Morgan fingerprint density at radius 3 is 2.65 bits per heavy atom. The van der Waals surface area contributed by atoms with Crippen molar-refractivity contribution in [2.45, 2.75) is 0 Å². The van der Waals surface area contributed by atoms with Crippen LogP contribution in [-0.2, 0) is 0 Å². The zero-order valence-corrected chi connectivity index (χ0v) is 11.2. The molecule has 1 heterocycles. The molecule has 20 heavy (non-hydrogen) atoms. The summed E-state index contributed by atoms with van der Waals surface area (Å²) in [4.78, 5) is 11.9. The highest BCUT2D eigenvalue weighted by Gasteiger charge is 2.14. The highest BCUT2D eigenvalue weighted by molar-refractivity contribution is 6.30. The second kappa shape index (κ2) is 5.43. The summed E-state index contributed by atoms with van der Waals surface area (Å²) in [6.45, 7) is 0.170. The Kier molecular flexibility index (Phi) is 3.48. The van der Waals surface area contributed by atoms with E-state index in [9.17, 15) is 4.79 Å². The highest BCUT2D eigenvalue weighted by Crippen LogP contribution is 2.35. The molecule has 0 radical (unpaired) electrons. The maximum absolute atomic E-state index is 11.9. The molecule has 2 aromatic carbocycles. The Morgan fingerprint density at radius 1 is 1.10 bits per heavy atom. The van der Waals surface area contributed by atoms with E-state index in [-0.39, 0.29) is 19.2 Å². The van der Waals surface area contributed by atoms with Gasteiger partial charge in [0.05, 0.1) is 0 Å². The molecule has 5 heteroatoms. The van der Waals surface area contributed by atoms with Gasteiger partial charge in [0.2, 0.25) is 6.79 Å². The van der Waals surface area contributed by atoms with Gasteiger partial charge in [0.1, 0.15) is 5.75 Å². The van der Waals surface area contributed by atoms with Crippen molar-refractivity contribution in [3.63, 3.8) is 0 Å². The summed E-state index contributed by atoms with van der Waals surface area (Å²) < 4.78 is 15.9. The monoisotopic (exact) mass is 290 g/mol. The maximum Gasteiger partial charge on any atom is 0.231 e. The molecule has 0 saturated carbocycles. The van der Waals surface area contributed by atoms with Crippen molar-refractivity contribution in [3.05, 3.63) is 53.1 Å². The van der Waals surface area contributed by atoms with Crippen LogP contribution in [0.15, 0.2) is 42.5 Å². The summed E-state index contributed by atoms with van der Waals surface area (Å²) in [5.41, 5.74) is 0.565. The summed E-state index contributed by atoms with van der Waals surface area (Å²) in [6.07, 6.45) is 0. The van der Waals surface area contributed by atoms with Crippen LogP contribution in [0.4, 0.5) is 0 Å². The molecule has 102 valence electrons. The third-order valence-corrected chi connectivity index (χ3v) is 3.13. The Hall–Kier alpha value is -2.20. The van der Waals surface area contributed by atoms with E-state index >= 15 is 0 Å². The summed E-state index contributed by atoms with van der Waals surface area (Å²) in [6, 6.07) is 11.9. The first-order valence-electron chi connectivity index (χ1n) is 6.03. The molecule has 1 aliphatic rings. The van der Waals surface area contributed by atoms with Crippen LogP contribution < -0.4 is 14.2 Å². The van der Waals surface area contributed by atoms with Crippen molar-refractivity contribution < 1.29 is 19.0 Å². The Morgan fingerprint density at radius 2 is 1.85 bits per heavy atom. The van der Waals surface area contributed by atoms with Crippen LogP contribution in [0.1, 0.15) is 10.4 Å². The minimum absolute atomic E-state index is 0.0404. The van der Waals surface area contributed by atoms with Gasteiger partial charge in [0.25, 0.3) is 0 Å². The predicted molar refractivity (Wildman–Crippen MR) is 73.8 cm³/mol. The number of halogens is 1.